The minimum atomic E-state index is -1.16. The molecule has 0 amide bonds. The highest BCUT2D eigenvalue weighted by molar-refractivity contribution is 5.90. The zero-order valence-corrected chi connectivity index (χ0v) is 6.76. The van der Waals surface area contributed by atoms with Crippen LogP contribution in [0.25, 0.3) is 0 Å². The first kappa shape index (κ1) is 12.6. The van der Waals surface area contributed by atoms with E-state index in [2.05, 4.69) is 4.74 Å². The minimum absolute atomic E-state index is 0. The van der Waals surface area contributed by atoms with Gasteiger partial charge in [-0.3, -0.25) is 0 Å². The molecule has 0 bridgehead atoms. The first-order chi connectivity index (χ1) is 4.66. The average molecular weight is 181 g/mol. The third-order valence-corrected chi connectivity index (χ3v) is 0.649. The molecule has 0 aromatic carbocycles. The van der Waals surface area contributed by atoms with E-state index in [1.807, 2.05) is 0 Å². The Morgan fingerprint density at radius 2 is 2.00 bits per heavy atom. The maximum absolute atomic E-state index is 10.4. The largest absolute Gasteiger partial charge is 0.478 e. The third kappa shape index (κ3) is 8.97. The fourth-order valence-corrected chi connectivity index (χ4v) is 0.330. The first-order valence-corrected chi connectivity index (χ1v) is 2.74. The summed E-state index contributed by atoms with van der Waals surface area (Å²) in [6.45, 7) is 1.90. The Labute approximate surface area is 70.3 Å². The number of halogens is 1. The molecule has 4 nitrogen and oxygen atoms in total. The molecule has 0 rings (SSSR count). The molecule has 0 heterocycles. The van der Waals surface area contributed by atoms with Gasteiger partial charge in [0.15, 0.2) is 0 Å². The molecule has 0 radical (unpaired) electrons. The van der Waals surface area contributed by atoms with Crippen molar-refractivity contribution in [1.82, 2.24) is 0 Å². The molecule has 0 aromatic heterocycles. The van der Waals surface area contributed by atoms with E-state index in [1.165, 1.54) is 0 Å². The van der Waals surface area contributed by atoms with Gasteiger partial charge in [-0.15, -0.1) is 12.4 Å². The molecule has 0 atom stereocenters. The smallest absolute Gasteiger partial charge is 0.330 e. The lowest BCUT2D eigenvalue weighted by atomic mass is 10.5. The molecule has 0 aliphatic heterocycles. The van der Waals surface area contributed by atoms with Gasteiger partial charge in [0, 0.05) is 12.2 Å². The quantitative estimate of drug-likeness (QED) is 0.511. The van der Waals surface area contributed by atoms with Gasteiger partial charge in [-0.25, -0.2) is 9.59 Å². The highest BCUT2D eigenvalue weighted by Crippen LogP contribution is 1.80. The SMILES string of the molecule is CCOC(=O)/C=C\C(=O)O.Cl. The van der Waals surface area contributed by atoms with Crippen LogP contribution in [-0.4, -0.2) is 23.7 Å². The van der Waals surface area contributed by atoms with E-state index < -0.39 is 11.9 Å². The minimum Gasteiger partial charge on any atom is -0.478 e. The van der Waals surface area contributed by atoms with E-state index in [0.29, 0.717) is 0 Å². The standard InChI is InChI=1S/C6H8O4.ClH/c1-2-10-6(9)4-3-5(7)8;/h3-4H,2H2,1H3,(H,7,8);1H/b4-3-;. The monoisotopic (exact) mass is 180 g/mol. The number of hydrogen-bond acceptors (Lipinski definition) is 3. The lowest BCUT2D eigenvalue weighted by molar-refractivity contribution is -0.138. The van der Waals surface area contributed by atoms with Gasteiger partial charge in [0.05, 0.1) is 6.61 Å². The molecule has 0 unspecified atom stereocenters. The van der Waals surface area contributed by atoms with Crippen LogP contribution in [0.1, 0.15) is 6.92 Å². The van der Waals surface area contributed by atoms with Gasteiger partial charge in [0.2, 0.25) is 0 Å². The van der Waals surface area contributed by atoms with Crippen LogP contribution in [0.3, 0.4) is 0 Å². The highest BCUT2D eigenvalue weighted by Gasteiger charge is 1.94. The Bertz CT molecular complexity index is 164. The van der Waals surface area contributed by atoms with E-state index in [-0.39, 0.29) is 19.0 Å². The van der Waals surface area contributed by atoms with Crippen LogP contribution in [0.15, 0.2) is 12.2 Å². The third-order valence-electron chi connectivity index (χ3n) is 0.649. The number of carboxylic acid groups (broad SMARTS) is 1. The highest BCUT2D eigenvalue weighted by atomic mass is 35.5. The van der Waals surface area contributed by atoms with Gasteiger partial charge < -0.3 is 9.84 Å². The van der Waals surface area contributed by atoms with Crippen LogP contribution < -0.4 is 0 Å². The van der Waals surface area contributed by atoms with Crippen LogP contribution in [0.2, 0.25) is 0 Å². The predicted octanol–water partition coefficient (Wildman–Crippen LogP) is 0.612. The predicted molar refractivity (Wildman–Crippen MR) is 40.7 cm³/mol. The second kappa shape index (κ2) is 7.08. The maximum atomic E-state index is 10.4. The molecule has 11 heavy (non-hydrogen) atoms. The molecule has 0 saturated heterocycles. The first-order valence-electron chi connectivity index (χ1n) is 2.74. The molecule has 64 valence electrons. The zero-order chi connectivity index (χ0) is 7.98. The van der Waals surface area contributed by atoms with Crippen LogP contribution in [0.5, 0.6) is 0 Å². The molecule has 0 aromatic rings. The number of aliphatic carboxylic acids is 1. The Balaban J connectivity index is 0. The number of carbonyl (C=O) groups excluding carboxylic acids is 1. The van der Waals surface area contributed by atoms with Gasteiger partial charge in [0.25, 0.3) is 0 Å². The summed E-state index contributed by atoms with van der Waals surface area (Å²) in [5, 5.41) is 8.04. The lowest BCUT2D eigenvalue weighted by Crippen LogP contribution is -2.00. The van der Waals surface area contributed by atoms with Crippen molar-refractivity contribution in [3.63, 3.8) is 0 Å². The van der Waals surface area contributed by atoms with E-state index in [1.54, 1.807) is 6.92 Å². The second-order valence-corrected chi connectivity index (χ2v) is 1.42. The normalized spacial score (nSPS) is 8.82. The molecule has 0 saturated carbocycles. The number of esters is 1. The summed E-state index contributed by atoms with van der Waals surface area (Å²) in [6, 6.07) is 0. The van der Waals surface area contributed by atoms with Gasteiger partial charge in [0.1, 0.15) is 0 Å². The number of carboxylic acids is 1. The summed E-state index contributed by atoms with van der Waals surface area (Å²) >= 11 is 0. The van der Waals surface area contributed by atoms with Crippen molar-refractivity contribution in [1.29, 1.82) is 0 Å². The van der Waals surface area contributed by atoms with Crippen molar-refractivity contribution >= 4 is 24.3 Å². The summed E-state index contributed by atoms with van der Waals surface area (Å²) in [5.41, 5.74) is 0. The maximum Gasteiger partial charge on any atom is 0.330 e. The number of rotatable bonds is 3. The van der Waals surface area contributed by atoms with E-state index in [0.717, 1.165) is 12.2 Å². The van der Waals surface area contributed by atoms with Crippen molar-refractivity contribution < 1.29 is 19.4 Å². The van der Waals surface area contributed by atoms with E-state index in [4.69, 9.17) is 5.11 Å². The molecule has 0 aliphatic rings. The summed E-state index contributed by atoms with van der Waals surface area (Å²) < 4.78 is 4.40. The van der Waals surface area contributed by atoms with Crippen LogP contribution >= 0.6 is 12.4 Å². The van der Waals surface area contributed by atoms with Crippen molar-refractivity contribution in [3.05, 3.63) is 12.2 Å². The molecule has 1 N–H and O–H groups in total. The fourth-order valence-electron chi connectivity index (χ4n) is 0.330. The van der Waals surface area contributed by atoms with Gasteiger partial charge in [-0.05, 0) is 6.92 Å². The molecular weight excluding hydrogens is 172 g/mol. The van der Waals surface area contributed by atoms with Gasteiger partial charge >= 0.3 is 11.9 Å². The van der Waals surface area contributed by atoms with Gasteiger partial charge in [-0.2, -0.15) is 0 Å². The summed E-state index contributed by atoms with van der Waals surface area (Å²) in [4.78, 5) is 20.2. The molecule has 5 heteroatoms. The second-order valence-electron chi connectivity index (χ2n) is 1.42. The fraction of sp³-hybridized carbons (Fsp3) is 0.333. The summed E-state index contributed by atoms with van der Waals surface area (Å²) in [5.74, 6) is -1.79. The molecule has 0 aliphatic carbocycles. The van der Waals surface area contributed by atoms with Crippen molar-refractivity contribution in [2.45, 2.75) is 6.92 Å². The Kier molecular flexibility index (Phi) is 8.13. The Morgan fingerprint density at radius 3 is 2.36 bits per heavy atom. The molecule has 0 spiro atoms. The van der Waals surface area contributed by atoms with Crippen molar-refractivity contribution in [2.75, 3.05) is 6.61 Å². The number of hydrogen-bond donors (Lipinski definition) is 1. The Morgan fingerprint density at radius 1 is 1.45 bits per heavy atom. The van der Waals surface area contributed by atoms with Gasteiger partial charge in [-0.1, -0.05) is 0 Å². The topological polar surface area (TPSA) is 63.6 Å². The number of carbonyl (C=O) groups is 2. The van der Waals surface area contributed by atoms with Crippen LogP contribution in [-0.2, 0) is 14.3 Å². The zero-order valence-electron chi connectivity index (χ0n) is 5.94. The van der Waals surface area contributed by atoms with E-state index >= 15 is 0 Å². The lowest BCUT2D eigenvalue weighted by Gasteiger charge is -1.92. The molecular formula is C6H9ClO4. The van der Waals surface area contributed by atoms with Crippen LogP contribution in [0.4, 0.5) is 0 Å². The average Bonchev–Trinajstić information content (AvgIpc) is 1.85. The van der Waals surface area contributed by atoms with E-state index in [9.17, 15) is 9.59 Å². The Hall–Kier alpha value is -1.03. The van der Waals surface area contributed by atoms with Crippen molar-refractivity contribution in [3.8, 4) is 0 Å². The number of ether oxygens (including phenoxy) is 1. The van der Waals surface area contributed by atoms with Crippen molar-refractivity contribution in [2.24, 2.45) is 0 Å². The summed E-state index contributed by atoms with van der Waals surface area (Å²) in [7, 11) is 0. The van der Waals surface area contributed by atoms with Crippen LogP contribution in [0, 0.1) is 0 Å². The summed E-state index contributed by atoms with van der Waals surface area (Å²) in [6.07, 6.45) is 1.60. The molecule has 0 fully saturated rings.